The number of phenolic OH excluding ortho intramolecular Hbond substituents is 1. The minimum absolute atomic E-state index is 0.0720. The number of ether oxygens (including phenoxy) is 1. The van der Waals surface area contributed by atoms with Gasteiger partial charge in [-0.05, 0) is 55.3 Å². The third kappa shape index (κ3) is 7.13. The summed E-state index contributed by atoms with van der Waals surface area (Å²) in [5.74, 6) is 1.44. The molecule has 13 heteroatoms. The molecule has 0 atom stereocenters. The third-order valence-corrected chi connectivity index (χ3v) is 6.47. The summed E-state index contributed by atoms with van der Waals surface area (Å²) in [6.07, 6.45) is 4.17. The Hall–Kier alpha value is -4.48. The van der Waals surface area contributed by atoms with Crippen molar-refractivity contribution in [1.82, 2.24) is 20.1 Å². The van der Waals surface area contributed by atoms with Gasteiger partial charge in [0.25, 0.3) is 0 Å². The molecule has 2 aromatic carbocycles. The lowest BCUT2D eigenvalue weighted by atomic mass is 10.2. The number of aromatic nitrogens is 3. The standard InChI is InChI=1S/C27H27Cl2N7O4/c1-3-4-5-16-14-23(36(35-16)17-6-8-18(37)9-7-17)34-27(39)32-20-10-11-21(25(29)24(20)28)40-19-12-13-31-22(15-19)33-26(38)30-2/h6-15,37H,3-5H2,1-2H3,(H2,32,34,39)(H2,30,31,33,38). The van der Waals surface area contributed by atoms with Gasteiger partial charge in [0.05, 0.1) is 22.1 Å². The predicted octanol–water partition coefficient (Wildman–Crippen LogP) is 6.81. The van der Waals surface area contributed by atoms with E-state index < -0.39 is 12.1 Å². The Morgan fingerprint density at radius 3 is 2.48 bits per heavy atom. The lowest BCUT2D eigenvalue weighted by molar-refractivity contribution is 0.254. The molecule has 4 aromatic rings. The number of rotatable bonds is 9. The second-order valence-corrected chi connectivity index (χ2v) is 9.31. The van der Waals surface area contributed by atoms with Crippen LogP contribution in [0.15, 0.2) is 60.8 Å². The number of nitrogens with one attached hydrogen (secondary N) is 4. The monoisotopic (exact) mass is 583 g/mol. The molecule has 0 aliphatic heterocycles. The lowest BCUT2D eigenvalue weighted by Gasteiger charge is -2.14. The maximum Gasteiger partial charge on any atom is 0.324 e. The number of benzene rings is 2. The zero-order valence-corrected chi connectivity index (χ0v) is 23.2. The van der Waals surface area contributed by atoms with Crippen LogP contribution in [0.2, 0.25) is 10.0 Å². The van der Waals surface area contributed by atoms with E-state index in [9.17, 15) is 14.7 Å². The Labute approximate surface area is 240 Å². The van der Waals surface area contributed by atoms with Crippen molar-refractivity contribution in [2.24, 2.45) is 0 Å². The van der Waals surface area contributed by atoms with Crippen LogP contribution in [-0.2, 0) is 6.42 Å². The van der Waals surface area contributed by atoms with E-state index in [1.54, 1.807) is 53.2 Å². The van der Waals surface area contributed by atoms with E-state index in [1.165, 1.54) is 19.3 Å². The van der Waals surface area contributed by atoms with Gasteiger partial charge in [-0.25, -0.2) is 19.3 Å². The summed E-state index contributed by atoms with van der Waals surface area (Å²) in [6, 6.07) is 13.5. The van der Waals surface area contributed by atoms with E-state index in [1.807, 2.05) is 0 Å². The van der Waals surface area contributed by atoms with Gasteiger partial charge in [-0.3, -0.25) is 10.6 Å². The van der Waals surface area contributed by atoms with E-state index >= 15 is 0 Å². The van der Waals surface area contributed by atoms with Crippen molar-refractivity contribution in [2.75, 3.05) is 23.0 Å². The van der Waals surface area contributed by atoms with Gasteiger partial charge >= 0.3 is 12.1 Å². The number of aromatic hydroxyl groups is 1. The molecule has 0 spiro atoms. The highest BCUT2D eigenvalue weighted by Gasteiger charge is 2.17. The maximum atomic E-state index is 12.9. The number of hydrogen-bond donors (Lipinski definition) is 5. The summed E-state index contributed by atoms with van der Waals surface area (Å²) < 4.78 is 7.42. The summed E-state index contributed by atoms with van der Waals surface area (Å²) in [5, 5.41) is 24.9. The Morgan fingerprint density at radius 1 is 0.975 bits per heavy atom. The first-order chi connectivity index (χ1) is 19.3. The van der Waals surface area contributed by atoms with Crippen molar-refractivity contribution < 1.29 is 19.4 Å². The third-order valence-electron chi connectivity index (χ3n) is 5.61. The van der Waals surface area contributed by atoms with Crippen LogP contribution >= 0.6 is 23.2 Å². The number of unbranched alkanes of at least 4 members (excludes halogenated alkanes) is 1. The van der Waals surface area contributed by atoms with Crippen LogP contribution in [0.3, 0.4) is 0 Å². The van der Waals surface area contributed by atoms with Crippen LogP contribution in [0.1, 0.15) is 25.5 Å². The molecule has 0 fully saturated rings. The van der Waals surface area contributed by atoms with Crippen LogP contribution in [0, 0.1) is 0 Å². The first-order valence-corrected chi connectivity index (χ1v) is 13.1. The quantitative estimate of drug-likeness (QED) is 0.146. The van der Waals surface area contributed by atoms with Crippen LogP contribution in [-0.4, -0.2) is 39.0 Å². The molecule has 4 rings (SSSR count). The Balaban J connectivity index is 1.49. The number of hydrogen-bond acceptors (Lipinski definition) is 6. The molecule has 0 radical (unpaired) electrons. The fraction of sp³-hybridized carbons (Fsp3) is 0.185. The molecule has 208 valence electrons. The number of nitrogens with zero attached hydrogens (tertiary/aromatic N) is 3. The second kappa shape index (κ2) is 13.0. The van der Waals surface area contributed by atoms with E-state index in [0.717, 1.165) is 25.0 Å². The largest absolute Gasteiger partial charge is 0.508 e. The molecule has 0 saturated heterocycles. The number of carbonyl (C=O) groups is 2. The highest BCUT2D eigenvalue weighted by molar-refractivity contribution is 6.45. The van der Waals surface area contributed by atoms with Crippen molar-refractivity contribution in [2.45, 2.75) is 26.2 Å². The van der Waals surface area contributed by atoms with Crippen LogP contribution < -0.4 is 26.0 Å². The molecule has 4 amide bonds. The number of aryl methyl sites for hydroxylation is 1. The second-order valence-electron chi connectivity index (χ2n) is 8.55. The van der Waals surface area contributed by atoms with E-state index in [0.29, 0.717) is 17.3 Å². The molecule has 0 unspecified atom stereocenters. The molecular weight excluding hydrogens is 557 g/mol. The molecule has 40 heavy (non-hydrogen) atoms. The van der Waals surface area contributed by atoms with Gasteiger partial charge in [0.15, 0.2) is 0 Å². The maximum absolute atomic E-state index is 12.9. The van der Waals surface area contributed by atoms with Gasteiger partial charge in [-0.2, -0.15) is 5.10 Å². The summed E-state index contributed by atoms with van der Waals surface area (Å²) in [7, 11) is 1.49. The molecule has 2 aromatic heterocycles. The zero-order chi connectivity index (χ0) is 28.6. The van der Waals surface area contributed by atoms with Crippen LogP contribution in [0.4, 0.5) is 26.9 Å². The first kappa shape index (κ1) is 28.5. The minimum Gasteiger partial charge on any atom is -0.508 e. The number of carbonyl (C=O) groups excluding carboxylic acids is 2. The predicted molar refractivity (Wildman–Crippen MR) is 155 cm³/mol. The van der Waals surface area contributed by atoms with Gasteiger partial charge in [0.2, 0.25) is 0 Å². The van der Waals surface area contributed by atoms with Gasteiger partial charge < -0.3 is 20.5 Å². The summed E-state index contributed by atoms with van der Waals surface area (Å²) in [6.45, 7) is 2.09. The molecule has 0 bridgehead atoms. The highest BCUT2D eigenvalue weighted by Crippen LogP contribution is 2.39. The van der Waals surface area contributed by atoms with Crippen molar-refractivity contribution in [1.29, 1.82) is 0 Å². The minimum atomic E-state index is -0.562. The number of anilines is 3. The Kier molecular flexibility index (Phi) is 9.31. The molecule has 5 N–H and O–H groups in total. The average Bonchev–Trinajstić information content (AvgIpc) is 3.34. The van der Waals surface area contributed by atoms with Gasteiger partial charge in [-0.15, -0.1) is 0 Å². The van der Waals surface area contributed by atoms with Crippen molar-refractivity contribution in [3.05, 3.63) is 76.5 Å². The Morgan fingerprint density at radius 2 is 1.75 bits per heavy atom. The Bertz CT molecular complexity index is 1510. The van der Waals surface area contributed by atoms with Gasteiger partial charge in [-0.1, -0.05) is 36.5 Å². The fourth-order valence-corrected chi connectivity index (χ4v) is 4.02. The topological polar surface area (TPSA) is 142 Å². The van der Waals surface area contributed by atoms with Crippen molar-refractivity contribution >= 4 is 52.6 Å². The lowest BCUT2D eigenvalue weighted by Crippen LogP contribution is -2.24. The molecular formula is C27H27Cl2N7O4. The molecule has 11 nitrogen and oxygen atoms in total. The van der Waals surface area contributed by atoms with E-state index in [4.69, 9.17) is 27.9 Å². The van der Waals surface area contributed by atoms with Crippen LogP contribution in [0.25, 0.3) is 5.69 Å². The molecule has 0 saturated carbocycles. The normalized spacial score (nSPS) is 10.6. The molecule has 2 heterocycles. The zero-order valence-electron chi connectivity index (χ0n) is 21.7. The van der Waals surface area contributed by atoms with Crippen LogP contribution in [0.5, 0.6) is 17.2 Å². The number of amides is 4. The number of urea groups is 2. The smallest absolute Gasteiger partial charge is 0.324 e. The average molecular weight is 584 g/mol. The number of phenols is 1. The van der Waals surface area contributed by atoms with Gasteiger partial charge in [0, 0.05) is 25.4 Å². The molecule has 0 aliphatic carbocycles. The number of halogens is 2. The first-order valence-electron chi connectivity index (χ1n) is 12.3. The van der Waals surface area contributed by atoms with E-state index in [-0.39, 0.29) is 33.0 Å². The van der Waals surface area contributed by atoms with Gasteiger partial charge in [0.1, 0.15) is 33.9 Å². The van der Waals surface area contributed by atoms with E-state index in [2.05, 4.69) is 38.3 Å². The van der Waals surface area contributed by atoms with Crippen molar-refractivity contribution in [3.8, 4) is 22.9 Å². The highest BCUT2D eigenvalue weighted by atomic mass is 35.5. The van der Waals surface area contributed by atoms with Crippen molar-refractivity contribution in [3.63, 3.8) is 0 Å². The summed E-state index contributed by atoms with van der Waals surface area (Å²) >= 11 is 12.9. The fourth-order valence-electron chi connectivity index (χ4n) is 3.62. The summed E-state index contributed by atoms with van der Waals surface area (Å²) in [5.41, 5.74) is 1.75. The number of pyridine rings is 1. The summed E-state index contributed by atoms with van der Waals surface area (Å²) in [4.78, 5) is 28.5. The molecule has 0 aliphatic rings. The SMILES string of the molecule is CCCCc1cc(NC(=O)Nc2ccc(Oc3ccnc(NC(=O)NC)c3)c(Cl)c2Cl)n(-c2ccc(O)cc2)n1.